The van der Waals surface area contributed by atoms with Crippen molar-refractivity contribution in [2.45, 2.75) is 0 Å². The van der Waals surface area contributed by atoms with E-state index in [4.69, 9.17) is 14.7 Å². The summed E-state index contributed by atoms with van der Waals surface area (Å²) in [5.41, 5.74) is 0.509. The van der Waals surface area contributed by atoms with E-state index in [1.165, 1.54) is 0 Å². The number of hydrogen-bond donors (Lipinski definition) is 0. The Labute approximate surface area is 124 Å². The molecule has 20 heavy (non-hydrogen) atoms. The van der Waals surface area contributed by atoms with Gasteiger partial charge in [-0.15, -0.1) is 0 Å². The van der Waals surface area contributed by atoms with E-state index >= 15 is 0 Å². The first-order valence-electron chi connectivity index (χ1n) is 5.76. The molecule has 0 bridgehead atoms. The van der Waals surface area contributed by atoms with Crippen LogP contribution in [0.3, 0.4) is 0 Å². The maximum Gasteiger partial charge on any atom is 0.349 e. The highest BCUT2D eigenvalue weighted by Crippen LogP contribution is 2.18. The molecule has 0 spiro atoms. The van der Waals surface area contributed by atoms with Gasteiger partial charge in [0.1, 0.15) is 11.5 Å². The monoisotopic (exact) mass is 331 g/mol. The molecule has 4 nitrogen and oxygen atoms in total. The fraction of sp³-hybridized carbons (Fsp3) is 0.0667. The standard InChI is InChI=1S/C15H10BrNO3/c16-12-2-1-3-14(8-12)19-10-15(18)20-13-6-4-11(9-17)5-7-13/h1-8H,10H2. The quantitative estimate of drug-likeness (QED) is 0.637. The van der Waals surface area contributed by atoms with Crippen LogP contribution >= 0.6 is 15.9 Å². The molecular formula is C15H10BrNO3. The van der Waals surface area contributed by atoms with Crippen molar-refractivity contribution >= 4 is 21.9 Å². The molecular weight excluding hydrogens is 322 g/mol. The van der Waals surface area contributed by atoms with Gasteiger partial charge in [-0.1, -0.05) is 22.0 Å². The number of halogens is 1. The van der Waals surface area contributed by atoms with Gasteiger partial charge in [0.15, 0.2) is 6.61 Å². The Morgan fingerprint density at radius 2 is 1.90 bits per heavy atom. The second-order valence-electron chi connectivity index (χ2n) is 3.86. The lowest BCUT2D eigenvalue weighted by atomic mass is 10.2. The zero-order valence-electron chi connectivity index (χ0n) is 10.4. The first-order valence-corrected chi connectivity index (χ1v) is 6.56. The molecule has 0 aliphatic carbocycles. The summed E-state index contributed by atoms with van der Waals surface area (Å²) in [5, 5.41) is 8.66. The molecule has 100 valence electrons. The minimum atomic E-state index is -0.505. The fourth-order valence-electron chi connectivity index (χ4n) is 1.46. The third kappa shape index (κ3) is 4.11. The molecule has 0 aliphatic heterocycles. The summed E-state index contributed by atoms with van der Waals surface area (Å²) < 4.78 is 11.3. The van der Waals surface area contributed by atoms with E-state index < -0.39 is 5.97 Å². The van der Waals surface area contributed by atoms with E-state index in [1.807, 2.05) is 18.2 Å². The van der Waals surface area contributed by atoms with Gasteiger partial charge in [0.25, 0.3) is 0 Å². The van der Waals surface area contributed by atoms with Crippen molar-refractivity contribution in [3.8, 4) is 17.6 Å². The molecule has 0 amide bonds. The van der Waals surface area contributed by atoms with Crippen molar-refractivity contribution in [3.63, 3.8) is 0 Å². The van der Waals surface area contributed by atoms with Crippen molar-refractivity contribution in [1.29, 1.82) is 5.26 Å². The molecule has 0 aromatic heterocycles. The second-order valence-corrected chi connectivity index (χ2v) is 4.77. The zero-order valence-corrected chi connectivity index (χ0v) is 12.0. The van der Waals surface area contributed by atoms with E-state index in [-0.39, 0.29) is 6.61 Å². The highest BCUT2D eigenvalue weighted by molar-refractivity contribution is 9.10. The maximum absolute atomic E-state index is 11.6. The van der Waals surface area contributed by atoms with Crippen molar-refractivity contribution in [1.82, 2.24) is 0 Å². The van der Waals surface area contributed by atoms with E-state index in [1.54, 1.807) is 36.4 Å². The minimum Gasteiger partial charge on any atom is -0.482 e. The molecule has 0 saturated heterocycles. The number of nitrogens with zero attached hydrogens (tertiary/aromatic N) is 1. The summed E-state index contributed by atoms with van der Waals surface area (Å²) in [6, 6.07) is 15.5. The molecule has 0 atom stereocenters. The summed E-state index contributed by atoms with van der Waals surface area (Å²) in [4.78, 5) is 11.6. The van der Waals surface area contributed by atoms with Crippen molar-refractivity contribution in [2.75, 3.05) is 6.61 Å². The van der Waals surface area contributed by atoms with Crippen LogP contribution in [0.2, 0.25) is 0 Å². The van der Waals surface area contributed by atoms with Crippen LogP contribution in [0.4, 0.5) is 0 Å². The van der Waals surface area contributed by atoms with E-state index in [0.717, 1.165) is 4.47 Å². The van der Waals surface area contributed by atoms with Crippen LogP contribution < -0.4 is 9.47 Å². The van der Waals surface area contributed by atoms with Gasteiger partial charge >= 0.3 is 5.97 Å². The van der Waals surface area contributed by atoms with Gasteiger partial charge < -0.3 is 9.47 Å². The number of ether oxygens (including phenoxy) is 2. The van der Waals surface area contributed by atoms with Crippen LogP contribution in [-0.4, -0.2) is 12.6 Å². The van der Waals surface area contributed by atoms with Crippen molar-refractivity contribution in [3.05, 3.63) is 58.6 Å². The molecule has 2 rings (SSSR count). The minimum absolute atomic E-state index is 0.184. The summed E-state index contributed by atoms with van der Waals surface area (Å²) >= 11 is 3.31. The summed E-state index contributed by atoms with van der Waals surface area (Å²) in [6.45, 7) is -0.184. The number of benzene rings is 2. The Balaban J connectivity index is 1.87. The Kier molecular flexibility index (Phi) is 4.75. The molecule has 0 N–H and O–H groups in total. The van der Waals surface area contributed by atoms with Gasteiger partial charge in [-0.25, -0.2) is 4.79 Å². The number of carbonyl (C=O) groups excluding carboxylic acids is 1. The van der Waals surface area contributed by atoms with E-state index in [0.29, 0.717) is 17.1 Å². The number of rotatable bonds is 4. The number of nitriles is 1. The van der Waals surface area contributed by atoms with Crippen LogP contribution in [0, 0.1) is 11.3 Å². The fourth-order valence-corrected chi connectivity index (χ4v) is 1.84. The maximum atomic E-state index is 11.6. The number of esters is 1. The predicted octanol–water partition coefficient (Wildman–Crippen LogP) is 3.31. The predicted molar refractivity (Wildman–Crippen MR) is 76.4 cm³/mol. The van der Waals surface area contributed by atoms with E-state index in [2.05, 4.69) is 15.9 Å². The first-order chi connectivity index (χ1) is 9.67. The molecule has 0 saturated carbocycles. The Morgan fingerprint density at radius 3 is 2.55 bits per heavy atom. The Hall–Kier alpha value is -2.32. The zero-order chi connectivity index (χ0) is 14.4. The van der Waals surface area contributed by atoms with Gasteiger partial charge in [-0.3, -0.25) is 0 Å². The molecule has 0 heterocycles. The normalized spacial score (nSPS) is 9.60. The van der Waals surface area contributed by atoms with E-state index in [9.17, 15) is 4.79 Å². The van der Waals surface area contributed by atoms with Crippen LogP contribution in [0.25, 0.3) is 0 Å². The van der Waals surface area contributed by atoms with Crippen LogP contribution in [0.15, 0.2) is 53.0 Å². The van der Waals surface area contributed by atoms with Gasteiger partial charge in [0.05, 0.1) is 11.6 Å². The number of hydrogen-bond acceptors (Lipinski definition) is 4. The third-order valence-corrected chi connectivity index (χ3v) is 2.86. The Bertz CT molecular complexity index is 647. The number of carbonyl (C=O) groups is 1. The van der Waals surface area contributed by atoms with Gasteiger partial charge in [0.2, 0.25) is 0 Å². The lowest BCUT2D eigenvalue weighted by Crippen LogP contribution is -2.17. The summed E-state index contributed by atoms with van der Waals surface area (Å²) in [5.74, 6) is 0.456. The molecule has 5 heteroatoms. The largest absolute Gasteiger partial charge is 0.482 e. The molecule has 0 fully saturated rings. The highest BCUT2D eigenvalue weighted by atomic mass is 79.9. The molecule has 0 radical (unpaired) electrons. The first kappa shape index (κ1) is 14.1. The molecule has 2 aromatic rings. The average molecular weight is 332 g/mol. The van der Waals surface area contributed by atoms with Crippen LogP contribution in [-0.2, 0) is 4.79 Å². The van der Waals surface area contributed by atoms with Crippen LogP contribution in [0.1, 0.15) is 5.56 Å². The van der Waals surface area contributed by atoms with Crippen LogP contribution in [0.5, 0.6) is 11.5 Å². The second kappa shape index (κ2) is 6.73. The SMILES string of the molecule is N#Cc1ccc(OC(=O)COc2cccc(Br)c2)cc1. The van der Waals surface area contributed by atoms with Crippen molar-refractivity contribution < 1.29 is 14.3 Å². The lowest BCUT2D eigenvalue weighted by molar-refractivity contribution is -0.136. The third-order valence-electron chi connectivity index (χ3n) is 2.37. The smallest absolute Gasteiger partial charge is 0.349 e. The Morgan fingerprint density at radius 1 is 1.15 bits per heavy atom. The molecule has 0 unspecified atom stereocenters. The van der Waals surface area contributed by atoms with Crippen molar-refractivity contribution in [2.24, 2.45) is 0 Å². The van der Waals surface area contributed by atoms with Gasteiger partial charge in [-0.05, 0) is 42.5 Å². The summed E-state index contributed by atoms with van der Waals surface area (Å²) in [7, 11) is 0. The topological polar surface area (TPSA) is 59.3 Å². The highest BCUT2D eigenvalue weighted by Gasteiger charge is 2.06. The van der Waals surface area contributed by atoms with Gasteiger partial charge in [-0.2, -0.15) is 5.26 Å². The molecule has 2 aromatic carbocycles. The van der Waals surface area contributed by atoms with Gasteiger partial charge in [0, 0.05) is 4.47 Å². The lowest BCUT2D eigenvalue weighted by Gasteiger charge is -2.07. The molecule has 0 aliphatic rings. The summed E-state index contributed by atoms with van der Waals surface area (Å²) in [6.07, 6.45) is 0. The average Bonchev–Trinajstić information content (AvgIpc) is 2.46.